The molecule has 2 N–H and O–H groups in total. The summed E-state index contributed by atoms with van der Waals surface area (Å²) in [6.45, 7) is 10.8. The number of hydrogen-bond donors (Lipinski definition) is 2. The standard InChI is InChI=1S/C14H24N2O4S2/c1-9(2)16(10(3)4)7-6-15-22(19,20)12-8-11(5)13(21-12)14(17)18/h8-10,15H,6-7H2,1-5H3,(H,17,18). The Kier molecular flexibility index (Phi) is 6.54. The second-order valence-corrected chi connectivity index (χ2v) is 8.75. The van der Waals surface area contributed by atoms with Crippen LogP contribution < -0.4 is 4.72 Å². The van der Waals surface area contributed by atoms with Gasteiger partial charge in [0.1, 0.15) is 9.09 Å². The van der Waals surface area contributed by atoms with Gasteiger partial charge in [-0.05, 0) is 46.2 Å². The zero-order valence-electron chi connectivity index (χ0n) is 13.6. The molecule has 8 heteroatoms. The Morgan fingerprint density at radius 2 is 1.86 bits per heavy atom. The molecule has 6 nitrogen and oxygen atoms in total. The zero-order chi connectivity index (χ0) is 17.1. The summed E-state index contributed by atoms with van der Waals surface area (Å²) in [5, 5.41) is 9.00. The van der Waals surface area contributed by atoms with Crippen LogP contribution in [-0.4, -0.2) is 49.6 Å². The first-order chi connectivity index (χ1) is 10.1. The van der Waals surface area contributed by atoms with Crippen LogP contribution in [0.3, 0.4) is 0 Å². The predicted molar refractivity (Wildman–Crippen MR) is 88.2 cm³/mol. The number of sulfonamides is 1. The summed E-state index contributed by atoms with van der Waals surface area (Å²) in [4.78, 5) is 13.3. The third-order valence-corrected chi connectivity index (χ3v) is 6.50. The predicted octanol–water partition coefficient (Wildman–Crippen LogP) is 2.15. The highest BCUT2D eigenvalue weighted by Gasteiger charge is 2.22. The van der Waals surface area contributed by atoms with Crippen LogP contribution in [0.5, 0.6) is 0 Å². The Balaban J connectivity index is 2.76. The van der Waals surface area contributed by atoms with Gasteiger partial charge in [0.2, 0.25) is 10.0 Å². The van der Waals surface area contributed by atoms with Crippen molar-refractivity contribution in [3.05, 3.63) is 16.5 Å². The van der Waals surface area contributed by atoms with Gasteiger partial charge < -0.3 is 5.11 Å². The van der Waals surface area contributed by atoms with E-state index in [0.29, 0.717) is 24.2 Å². The first-order valence-electron chi connectivity index (χ1n) is 7.15. The van der Waals surface area contributed by atoms with Crippen molar-refractivity contribution in [2.45, 2.75) is 50.9 Å². The number of carboxylic acids is 1. The fourth-order valence-corrected chi connectivity index (χ4v) is 4.73. The highest BCUT2D eigenvalue weighted by Crippen LogP contribution is 2.25. The van der Waals surface area contributed by atoms with Gasteiger partial charge in [0.25, 0.3) is 0 Å². The molecule has 1 rings (SSSR count). The van der Waals surface area contributed by atoms with Crippen molar-refractivity contribution in [2.75, 3.05) is 13.1 Å². The highest BCUT2D eigenvalue weighted by atomic mass is 32.2. The average Bonchev–Trinajstić information content (AvgIpc) is 2.76. The van der Waals surface area contributed by atoms with Crippen molar-refractivity contribution >= 4 is 27.3 Å². The van der Waals surface area contributed by atoms with Gasteiger partial charge in [0.15, 0.2) is 0 Å². The van der Waals surface area contributed by atoms with Crippen LogP contribution in [0.1, 0.15) is 42.9 Å². The molecule has 1 aromatic rings. The minimum atomic E-state index is -3.66. The molecule has 0 aromatic carbocycles. The second kappa shape index (κ2) is 7.54. The quantitative estimate of drug-likeness (QED) is 0.752. The third kappa shape index (κ3) is 4.77. The SMILES string of the molecule is Cc1cc(S(=O)(=O)NCCN(C(C)C)C(C)C)sc1C(=O)O. The molecule has 1 heterocycles. The summed E-state index contributed by atoms with van der Waals surface area (Å²) >= 11 is 0.782. The Labute approximate surface area is 136 Å². The minimum absolute atomic E-state index is 0.0445. The van der Waals surface area contributed by atoms with Gasteiger partial charge in [-0.3, -0.25) is 4.90 Å². The summed E-state index contributed by atoms with van der Waals surface area (Å²) in [6, 6.07) is 2.05. The van der Waals surface area contributed by atoms with Crippen LogP contribution in [0.15, 0.2) is 10.3 Å². The topological polar surface area (TPSA) is 86.7 Å². The molecule has 0 aliphatic carbocycles. The number of aryl methyl sites for hydroxylation is 1. The number of aromatic carboxylic acids is 1. The molecule has 0 unspecified atom stereocenters. The average molecular weight is 348 g/mol. The zero-order valence-corrected chi connectivity index (χ0v) is 15.2. The highest BCUT2D eigenvalue weighted by molar-refractivity contribution is 7.91. The van der Waals surface area contributed by atoms with Gasteiger partial charge in [0, 0.05) is 25.2 Å². The number of nitrogens with one attached hydrogen (secondary N) is 1. The molecule has 126 valence electrons. The number of hydrogen-bond acceptors (Lipinski definition) is 5. The fraction of sp³-hybridized carbons (Fsp3) is 0.643. The number of carbonyl (C=O) groups is 1. The summed E-state index contributed by atoms with van der Waals surface area (Å²) in [5.41, 5.74) is 0.462. The molecule has 0 spiro atoms. The van der Waals surface area contributed by atoms with E-state index in [1.807, 2.05) is 0 Å². The lowest BCUT2D eigenvalue weighted by Crippen LogP contribution is -2.42. The summed E-state index contributed by atoms with van der Waals surface area (Å²) < 4.78 is 27.0. The second-order valence-electron chi connectivity index (χ2n) is 5.71. The van der Waals surface area contributed by atoms with Crippen LogP contribution in [0, 0.1) is 6.92 Å². The Morgan fingerprint density at radius 1 is 1.32 bits per heavy atom. The Hall–Kier alpha value is -0.960. The van der Waals surface area contributed by atoms with Gasteiger partial charge in [-0.2, -0.15) is 0 Å². The van der Waals surface area contributed by atoms with Gasteiger partial charge in [-0.15, -0.1) is 11.3 Å². The van der Waals surface area contributed by atoms with Crippen LogP contribution >= 0.6 is 11.3 Å². The summed E-state index contributed by atoms with van der Waals surface area (Å²) in [6.07, 6.45) is 0. The van der Waals surface area contributed by atoms with Crippen molar-refractivity contribution in [3.63, 3.8) is 0 Å². The molecule has 0 bridgehead atoms. The van der Waals surface area contributed by atoms with E-state index >= 15 is 0 Å². The smallest absolute Gasteiger partial charge is 0.346 e. The Bertz CT molecular complexity index is 613. The van der Waals surface area contributed by atoms with E-state index in [4.69, 9.17) is 5.11 Å². The number of nitrogens with zero attached hydrogens (tertiary/aromatic N) is 1. The van der Waals surface area contributed by atoms with Gasteiger partial charge in [-0.1, -0.05) is 0 Å². The number of rotatable bonds is 8. The number of thiophene rings is 1. The fourth-order valence-electron chi connectivity index (χ4n) is 2.29. The van der Waals surface area contributed by atoms with Crippen LogP contribution in [0.2, 0.25) is 0 Å². The van der Waals surface area contributed by atoms with Gasteiger partial charge in [-0.25, -0.2) is 17.9 Å². The molecule has 0 fully saturated rings. The van der Waals surface area contributed by atoms with Crippen molar-refractivity contribution in [1.29, 1.82) is 0 Å². The van der Waals surface area contributed by atoms with E-state index in [-0.39, 0.29) is 15.6 Å². The Morgan fingerprint density at radius 3 is 2.27 bits per heavy atom. The van der Waals surface area contributed by atoms with Crippen LogP contribution in [0.4, 0.5) is 0 Å². The van der Waals surface area contributed by atoms with Crippen molar-refractivity contribution in [3.8, 4) is 0 Å². The molecule has 0 aliphatic heterocycles. The van der Waals surface area contributed by atoms with Gasteiger partial charge >= 0.3 is 5.97 Å². The van der Waals surface area contributed by atoms with E-state index in [1.54, 1.807) is 6.92 Å². The molecular weight excluding hydrogens is 324 g/mol. The normalized spacial score (nSPS) is 12.5. The summed E-state index contributed by atoms with van der Waals surface area (Å²) in [5.74, 6) is -1.10. The monoisotopic (exact) mass is 348 g/mol. The van der Waals surface area contributed by atoms with E-state index in [1.165, 1.54) is 6.07 Å². The maximum atomic E-state index is 12.2. The van der Waals surface area contributed by atoms with E-state index in [9.17, 15) is 13.2 Å². The molecule has 0 saturated carbocycles. The molecule has 0 radical (unpaired) electrons. The van der Waals surface area contributed by atoms with E-state index < -0.39 is 16.0 Å². The molecule has 0 atom stereocenters. The maximum Gasteiger partial charge on any atom is 0.346 e. The number of carboxylic acid groups (broad SMARTS) is 1. The largest absolute Gasteiger partial charge is 0.477 e. The molecule has 22 heavy (non-hydrogen) atoms. The molecule has 1 aromatic heterocycles. The molecule has 0 amide bonds. The summed E-state index contributed by atoms with van der Waals surface area (Å²) in [7, 11) is -3.66. The molecule has 0 saturated heterocycles. The lowest BCUT2D eigenvalue weighted by Gasteiger charge is -2.30. The first-order valence-corrected chi connectivity index (χ1v) is 9.45. The first kappa shape index (κ1) is 19.1. The van der Waals surface area contributed by atoms with Crippen molar-refractivity contribution < 1.29 is 18.3 Å². The minimum Gasteiger partial charge on any atom is -0.477 e. The lowest BCUT2D eigenvalue weighted by atomic mass is 10.2. The van der Waals surface area contributed by atoms with E-state index in [2.05, 4.69) is 37.3 Å². The van der Waals surface area contributed by atoms with Crippen LogP contribution in [-0.2, 0) is 10.0 Å². The van der Waals surface area contributed by atoms with Crippen molar-refractivity contribution in [1.82, 2.24) is 9.62 Å². The third-order valence-electron chi connectivity index (χ3n) is 3.34. The molecule has 0 aliphatic rings. The van der Waals surface area contributed by atoms with E-state index in [0.717, 1.165) is 11.3 Å². The van der Waals surface area contributed by atoms with Crippen molar-refractivity contribution in [2.24, 2.45) is 0 Å². The lowest BCUT2D eigenvalue weighted by molar-refractivity contribution is 0.0701. The maximum absolute atomic E-state index is 12.2. The molecular formula is C14H24N2O4S2. The van der Waals surface area contributed by atoms with Gasteiger partial charge in [0.05, 0.1) is 0 Å². The van der Waals surface area contributed by atoms with Crippen LogP contribution in [0.25, 0.3) is 0 Å².